The molecule has 1 aromatic carbocycles. The number of carbonyl (C=O) groups is 1. The van der Waals surface area contributed by atoms with Crippen LogP contribution in [0.4, 0.5) is 0 Å². The number of rotatable bonds is 6. The first-order chi connectivity index (χ1) is 12.7. The van der Waals surface area contributed by atoms with Gasteiger partial charge in [0.25, 0.3) is 5.91 Å². The van der Waals surface area contributed by atoms with Crippen LogP contribution in [0.2, 0.25) is 0 Å². The lowest BCUT2D eigenvalue weighted by molar-refractivity contribution is -0.140. The number of benzene rings is 1. The SMILES string of the molecule is Cc1ccc(O[C@H](C)C(=O)N(Cc2cccs2)[C@@H]2CCS(=O)(=O)C2)cc1C. The van der Waals surface area contributed by atoms with Crippen molar-refractivity contribution in [1.29, 1.82) is 0 Å². The molecule has 1 saturated heterocycles. The van der Waals surface area contributed by atoms with E-state index in [0.717, 1.165) is 16.0 Å². The largest absolute Gasteiger partial charge is 0.481 e. The van der Waals surface area contributed by atoms with E-state index in [2.05, 4.69) is 0 Å². The van der Waals surface area contributed by atoms with Crippen molar-refractivity contribution >= 4 is 27.1 Å². The Balaban J connectivity index is 1.77. The molecule has 1 aliphatic rings. The Morgan fingerprint density at radius 1 is 1.30 bits per heavy atom. The summed E-state index contributed by atoms with van der Waals surface area (Å²) < 4.78 is 29.8. The van der Waals surface area contributed by atoms with E-state index in [1.54, 1.807) is 23.2 Å². The highest BCUT2D eigenvalue weighted by atomic mass is 32.2. The van der Waals surface area contributed by atoms with E-state index in [1.165, 1.54) is 0 Å². The summed E-state index contributed by atoms with van der Waals surface area (Å²) in [7, 11) is -3.08. The first kappa shape index (κ1) is 19.9. The number of sulfone groups is 1. The molecule has 0 spiro atoms. The average molecular weight is 408 g/mol. The fourth-order valence-electron chi connectivity index (χ4n) is 3.25. The zero-order chi connectivity index (χ0) is 19.6. The second kappa shape index (κ2) is 8.02. The molecule has 1 amide bonds. The second-order valence-corrected chi connectivity index (χ2v) is 10.4. The van der Waals surface area contributed by atoms with Crippen LogP contribution < -0.4 is 4.74 Å². The lowest BCUT2D eigenvalue weighted by atomic mass is 10.1. The summed E-state index contributed by atoms with van der Waals surface area (Å²) in [5, 5.41) is 1.96. The first-order valence-corrected chi connectivity index (χ1v) is 11.7. The maximum atomic E-state index is 13.1. The van der Waals surface area contributed by atoms with Gasteiger partial charge in [-0.2, -0.15) is 0 Å². The molecule has 0 bridgehead atoms. The van der Waals surface area contributed by atoms with Crippen LogP contribution in [-0.4, -0.2) is 42.9 Å². The van der Waals surface area contributed by atoms with E-state index >= 15 is 0 Å². The van der Waals surface area contributed by atoms with Gasteiger partial charge in [-0.25, -0.2) is 8.42 Å². The number of hydrogen-bond donors (Lipinski definition) is 0. The molecule has 0 radical (unpaired) electrons. The quantitative estimate of drug-likeness (QED) is 0.737. The summed E-state index contributed by atoms with van der Waals surface area (Å²) in [6.45, 7) is 6.16. The molecular weight excluding hydrogens is 382 g/mol. The molecule has 0 saturated carbocycles. The Bertz CT molecular complexity index is 906. The molecule has 3 rings (SSSR count). The number of thiophene rings is 1. The minimum atomic E-state index is -3.08. The molecule has 1 aliphatic heterocycles. The lowest BCUT2D eigenvalue weighted by Gasteiger charge is -2.30. The van der Waals surface area contributed by atoms with Crippen molar-refractivity contribution in [2.24, 2.45) is 0 Å². The first-order valence-electron chi connectivity index (χ1n) is 9.02. The molecule has 2 atom stereocenters. The number of nitrogens with zero attached hydrogens (tertiary/aromatic N) is 1. The summed E-state index contributed by atoms with van der Waals surface area (Å²) in [6, 6.07) is 9.34. The van der Waals surface area contributed by atoms with Gasteiger partial charge in [0.05, 0.1) is 18.1 Å². The molecule has 0 aliphatic carbocycles. The third-order valence-electron chi connectivity index (χ3n) is 4.98. The van der Waals surface area contributed by atoms with Gasteiger partial charge in [-0.05, 0) is 61.9 Å². The van der Waals surface area contributed by atoms with Crippen LogP contribution in [0.25, 0.3) is 0 Å². The fourth-order valence-corrected chi connectivity index (χ4v) is 5.69. The second-order valence-electron chi connectivity index (χ2n) is 7.11. The van der Waals surface area contributed by atoms with Crippen molar-refractivity contribution in [1.82, 2.24) is 4.90 Å². The molecular formula is C20H25NO4S2. The van der Waals surface area contributed by atoms with Gasteiger partial charge in [-0.1, -0.05) is 12.1 Å². The van der Waals surface area contributed by atoms with Crippen LogP contribution in [0.3, 0.4) is 0 Å². The smallest absolute Gasteiger partial charge is 0.263 e. The summed E-state index contributed by atoms with van der Waals surface area (Å²) in [6.07, 6.45) is -0.203. The summed E-state index contributed by atoms with van der Waals surface area (Å²) in [5.74, 6) is 0.636. The molecule has 1 fully saturated rings. The standard InChI is InChI=1S/C20H25NO4S2/c1-14-6-7-18(11-15(14)2)25-16(3)20(22)21(12-19-5-4-9-26-19)17-8-10-27(23,24)13-17/h4-7,9,11,16-17H,8,10,12-13H2,1-3H3/t16-,17-/m1/s1. The number of ether oxygens (including phenoxy) is 1. The van der Waals surface area contributed by atoms with E-state index in [-0.39, 0.29) is 23.5 Å². The van der Waals surface area contributed by atoms with Gasteiger partial charge in [0.15, 0.2) is 15.9 Å². The topological polar surface area (TPSA) is 63.7 Å². The van der Waals surface area contributed by atoms with Gasteiger partial charge in [-0.3, -0.25) is 4.79 Å². The Morgan fingerprint density at radius 2 is 2.07 bits per heavy atom. The average Bonchev–Trinajstić information content (AvgIpc) is 3.24. The summed E-state index contributed by atoms with van der Waals surface area (Å²) in [4.78, 5) is 15.9. The minimum absolute atomic E-state index is 0.0282. The molecule has 2 heterocycles. The van der Waals surface area contributed by atoms with Gasteiger partial charge in [-0.15, -0.1) is 11.3 Å². The lowest BCUT2D eigenvalue weighted by Crippen LogP contribution is -2.46. The highest BCUT2D eigenvalue weighted by Gasteiger charge is 2.36. The third kappa shape index (κ3) is 4.90. The Hall–Kier alpha value is -1.86. The molecule has 2 aromatic rings. The fraction of sp³-hybridized carbons (Fsp3) is 0.450. The third-order valence-corrected chi connectivity index (χ3v) is 7.59. The molecule has 146 valence electrons. The maximum Gasteiger partial charge on any atom is 0.263 e. The normalized spacial score (nSPS) is 19.6. The molecule has 27 heavy (non-hydrogen) atoms. The minimum Gasteiger partial charge on any atom is -0.481 e. The summed E-state index contributed by atoms with van der Waals surface area (Å²) in [5.41, 5.74) is 2.27. The van der Waals surface area contributed by atoms with Gasteiger partial charge in [0.2, 0.25) is 0 Å². The Labute approximate surface area is 164 Å². The van der Waals surface area contributed by atoms with Crippen LogP contribution >= 0.6 is 11.3 Å². The van der Waals surface area contributed by atoms with Crippen molar-refractivity contribution in [2.45, 2.75) is 45.9 Å². The molecule has 0 unspecified atom stereocenters. The maximum absolute atomic E-state index is 13.1. The van der Waals surface area contributed by atoms with Crippen molar-refractivity contribution < 1.29 is 17.9 Å². The zero-order valence-electron chi connectivity index (χ0n) is 15.8. The predicted molar refractivity (Wildman–Crippen MR) is 108 cm³/mol. The number of aryl methyl sites for hydroxylation is 2. The Kier molecular flexibility index (Phi) is 5.91. The van der Waals surface area contributed by atoms with Crippen LogP contribution in [0.1, 0.15) is 29.3 Å². The van der Waals surface area contributed by atoms with Gasteiger partial charge < -0.3 is 9.64 Å². The van der Waals surface area contributed by atoms with Gasteiger partial charge in [0.1, 0.15) is 5.75 Å². The monoisotopic (exact) mass is 407 g/mol. The highest BCUT2D eigenvalue weighted by Crippen LogP contribution is 2.24. The molecule has 0 N–H and O–H groups in total. The highest BCUT2D eigenvalue weighted by molar-refractivity contribution is 7.91. The molecule has 7 heteroatoms. The van der Waals surface area contributed by atoms with E-state index in [0.29, 0.717) is 18.7 Å². The Morgan fingerprint density at radius 3 is 2.67 bits per heavy atom. The van der Waals surface area contributed by atoms with Crippen LogP contribution in [0.15, 0.2) is 35.7 Å². The number of amides is 1. The van der Waals surface area contributed by atoms with E-state index in [1.807, 2.05) is 49.6 Å². The molecule has 5 nitrogen and oxygen atoms in total. The van der Waals surface area contributed by atoms with Crippen LogP contribution in [0.5, 0.6) is 5.75 Å². The van der Waals surface area contributed by atoms with Crippen molar-refractivity contribution in [3.63, 3.8) is 0 Å². The summed E-state index contributed by atoms with van der Waals surface area (Å²) >= 11 is 1.56. The van der Waals surface area contributed by atoms with E-state index < -0.39 is 15.9 Å². The predicted octanol–water partition coefficient (Wildman–Crippen LogP) is 3.35. The van der Waals surface area contributed by atoms with E-state index in [4.69, 9.17) is 4.74 Å². The van der Waals surface area contributed by atoms with Crippen molar-refractivity contribution in [2.75, 3.05) is 11.5 Å². The molecule has 1 aromatic heterocycles. The number of hydrogen-bond acceptors (Lipinski definition) is 5. The van der Waals surface area contributed by atoms with Crippen molar-refractivity contribution in [3.05, 3.63) is 51.7 Å². The number of carbonyl (C=O) groups excluding carboxylic acids is 1. The van der Waals surface area contributed by atoms with Crippen molar-refractivity contribution in [3.8, 4) is 5.75 Å². The zero-order valence-corrected chi connectivity index (χ0v) is 17.5. The van der Waals surface area contributed by atoms with Gasteiger partial charge in [0, 0.05) is 10.9 Å². The van der Waals surface area contributed by atoms with Crippen LogP contribution in [0, 0.1) is 13.8 Å². The van der Waals surface area contributed by atoms with E-state index in [9.17, 15) is 13.2 Å². The van der Waals surface area contributed by atoms with Crippen LogP contribution in [-0.2, 0) is 21.2 Å². The van der Waals surface area contributed by atoms with Gasteiger partial charge >= 0.3 is 0 Å².